The molecule has 0 saturated heterocycles. The molecule has 0 aromatic rings. The standard InChI is InChI=1S/2K.2N.15V/q;+1;2*-1;;;;;;;;;;;;;;;. The van der Waals surface area contributed by atoms with Crippen LogP contribution in [0.15, 0.2) is 0 Å². The average Bonchev–Trinajstić information content (AvgIpc) is 0.918. The van der Waals surface area contributed by atoms with E-state index in [-0.39, 0.29) is 363 Å². The van der Waals surface area contributed by atoms with Crippen LogP contribution in [0.5, 0.6) is 0 Å². The van der Waals surface area contributed by atoms with Gasteiger partial charge in [0.05, 0.1) is 0 Å². The van der Waals surface area contributed by atoms with Crippen molar-refractivity contribution in [3.05, 3.63) is 8.42 Å². The van der Waals surface area contributed by atoms with E-state index < -0.39 is 15.9 Å². The van der Waals surface area contributed by atoms with Crippen LogP contribution in [-0.2, 0) is 276 Å². The topological polar surface area (TPSA) is 44.6 Å². The van der Waals surface area contributed by atoms with Crippen molar-refractivity contribution in [2.75, 3.05) is 0 Å². The van der Waals surface area contributed by atoms with Crippen LogP contribution in [0.4, 0.5) is 0 Å². The summed E-state index contributed by atoms with van der Waals surface area (Å²) in [5, 5.41) is 0. The maximum Gasteiger partial charge on any atom is 0 e. The van der Waals surface area contributed by atoms with Gasteiger partial charge >= 0.3 is 75.7 Å². The minimum absolute atomic E-state index is 0. The van der Waals surface area contributed by atoms with Crippen LogP contribution >= 0.6 is 0 Å². The normalized spacial score (nSPS) is 0.421. The second kappa shape index (κ2) is 152. The Morgan fingerprint density at radius 3 is 0.368 bits per heavy atom. The van der Waals surface area contributed by atoms with Crippen LogP contribution in [0, 0.1) is 0 Å². The Bertz CT molecular complexity index is 39.1. The molecule has 0 fully saturated rings. The summed E-state index contributed by atoms with van der Waals surface area (Å²) in [5.41, 5.74) is 0. The van der Waals surface area contributed by atoms with Crippen LogP contribution in [0.25, 0.3) is 8.42 Å². The SMILES string of the molecule is [K+].[K].[N-]=[V]=[N-].[V].[V].[V].[V].[V].[V].[V].[V].[V].[V].[V].[V].[V].[V]. The summed E-state index contributed by atoms with van der Waals surface area (Å²) in [5.74, 6) is 0. The Balaban J connectivity index is -0.000000000167. The van der Waals surface area contributed by atoms with Crippen LogP contribution in [0.2, 0.25) is 0 Å². The molecule has 0 atom stereocenters. The molecular weight excluding hydrogens is 870 g/mol. The molecule has 0 spiro atoms. The third kappa shape index (κ3) is 167. The van der Waals surface area contributed by atoms with Crippen molar-refractivity contribution in [2.45, 2.75) is 0 Å². The Hall–Kier alpha value is 11.6. The van der Waals surface area contributed by atoms with Crippen LogP contribution in [0.3, 0.4) is 0 Å². The van der Waals surface area contributed by atoms with Crippen LogP contribution in [-0.4, -0.2) is 51.4 Å². The summed E-state index contributed by atoms with van der Waals surface area (Å²) in [4.78, 5) is 0. The van der Waals surface area contributed by atoms with E-state index >= 15 is 0 Å². The third-order valence-corrected chi connectivity index (χ3v) is 0. The number of rotatable bonds is 0. The second-order valence-electron chi connectivity index (χ2n) is 0.0894. The molecule has 0 aliphatic rings. The molecular formula is K2N2V15-. The smallest absolute Gasteiger partial charge is 0 e. The first kappa shape index (κ1) is 145. The van der Waals surface area contributed by atoms with Gasteiger partial charge in [0.25, 0.3) is 0 Å². The predicted octanol–water partition coefficient (Wildman–Crippen LogP) is -2.84. The summed E-state index contributed by atoms with van der Waals surface area (Å²) < 4.78 is 14.4. The first-order valence-electron chi connectivity index (χ1n) is 0.400. The zero-order valence-corrected chi connectivity index (χ0v) is 36.8. The van der Waals surface area contributed by atoms with Crippen molar-refractivity contribution in [3.8, 4) is 0 Å². The Morgan fingerprint density at radius 1 is 0.368 bits per heavy atom. The molecule has 19 heavy (non-hydrogen) atoms. The summed E-state index contributed by atoms with van der Waals surface area (Å²) in [6.07, 6.45) is 0. The minimum atomic E-state index is -1.31. The van der Waals surface area contributed by atoms with E-state index in [9.17, 15) is 0 Å². The number of nitrogens with zero attached hydrogens (tertiary/aromatic N) is 2. The fourth-order valence-corrected chi connectivity index (χ4v) is 0. The van der Waals surface area contributed by atoms with Gasteiger partial charge in [0.1, 0.15) is 0 Å². The molecule has 0 bridgehead atoms. The molecule has 0 aromatic carbocycles. The molecule has 15 radical (unpaired) electrons. The zero-order valence-electron chi connectivity index (χ0n) is 9.60. The molecule has 19 heteroatoms. The molecule has 88 valence electrons. The molecule has 0 amide bonds. The monoisotopic (exact) mass is 870 g/mol. The van der Waals surface area contributed by atoms with Gasteiger partial charge in [-0.05, 0) is 0 Å². The summed E-state index contributed by atoms with van der Waals surface area (Å²) >= 11 is -1.31. The molecule has 0 unspecified atom stereocenters. The van der Waals surface area contributed by atoms with Crippen molar-refractivity contribution in [1.82, 2.24) is 0 Å². The maximum absolute atomic E-state index is 7.22. The summed E-state index contributed by atoms with van der Waals surface area (Å²) in [6, 6.07) is 0. The van der Waals surface area contributed by atoms with Gasteiger partial charge in [-0.1, -0.05) is 0 Å². The maximum atomic E-state index is 7.22. The molecule has 0 saturated carbocycles. The van der Waals surface area contributed by atoms with E-state index in [1.54, 1.807) is 0 Å². The van der Waals surface area contributed by atoms with E-state index in [1.165, 1.54) is 0 Å². The largest absolute Gasteiger partial charge is 0 e. The van der Waals surface area contributed by atoms with Gasteiger partial charge in [-0.25, -0.2) is 0 Å². The van der Waals surface area contributed by atoms with E-state index in [0.717, 1.165) is 0 Å². The molecule has 0 aliphatic heterocycles. The van der Waals surface area contributed by atoms with Gasteiger partial charge in [0, 0.05) is 311 Å². The van der Waals surface area contributed by atoms with Gasteiger partial charge in [-0.3, -0.25) is 0 Å². The van der Waals surface area contributed by atoms with Gasteiger partial charge < -0.3 is 0 Å². The molecule has 0 aliphatic carbocycles. The minimum Gasteiger partial charge on any atom is 0 e. The van der Waals surface area contributed by atoms with E-state index in [1.807, 2.05) is 0 Å². The molecule has 0 rings (SSSR count). The molecule has 0 heterocycles. The molecule has 0 N–H and O–H groups in total. The van der Waals surface area contributed by atoms with E-state index in [0.29, 0.717) is 0 Å². The van der Waals surface area contributed by atoms with Crippen LogP contribution < -0.4 is 51.4 Å². The summed E-state index contributed by atoms with van der Waals surface area (Å²) in [7, 11) is 0. The van der Waals surface area contributed by atoms with Crippen molar-refractivity contribution in [1.29, 1.82) is 0 Å². The Morgan fingerprint density at radius 2 is 0.368 bits per heavy atom. The summed E-state index contributed by atoms with van der Waals surface area (Å²) in [6.45, 7) is 0. The second-order valence-corrected chi connectivity index (χ2v) is 0.369. The van der Waals surface area contributed by atoms with Gasteiger partial charge in [0.15, 0.2) is 0 Å². The van der Waals surface area contributed by atoms with Gasteiger partial charge in [-0.2, -0.15) is 0 Å². The Kier molecular flexibility index (Phi) is 1160. The van der Waals surface area contributed by atoms with Crippen molar-refractivity contribution < 1.29 is 327 Å². The fourth-order valence-electron chi connectivity index (χ4n) is 0. The van der Waals surface area contributed by atoms with Gasteiger partial charge in [-0.15, -0.1) is 0 Å². The predicted molar refractivity (Wildman–Crippen MR) is 12.5 cm³/mol. The average molecular weight is 870 g/mol. The Labute approximate surface area is 375 Å². The van der Waals surface area contributed by atoms with Gasteiger partial charge in [0.2, 0.25) is 0 Å². The van der Waals surface area contributed by atoms with E-state index in [2.05, 4.69) is 0 Å². The van der Waals surface area contributed by atoms with Crippen LogP contribution in [0.1, 0.15) is 0 Å². The van der Waals surface area contributed by atoms with Crippen molar-refractivity contribution in [2.24, 2.45) is 0 Å². The first-order chi connectivity index (χ1) is 1.41. The van der Waals surface area contributed by atoms with Crippen molar-refractivity contribution in [3.63, 3.8) is 0 Å². The number of hydrogen-bond donors (Lipinski definition) is 0. The molecule has 0 aromatic heterocycles. The van der Waals surface area contributed by atoms with E-state index in [4.69, 9.17) is 8.42 Å². The molecule has 2 nitrogen and oxygen atoms in total. The van der Waals surface area contributed by atoms with Crippen molar-refractivity contribution >= 4 is 51.4 Å². The zero-order chi connectivity index (χ0) is 2.71. The third-order valence-electron chi connectivity index (χ3n) is 0. The quantitative estimate of drug-likeness (QED) is 0.236. The number of hydrogen-bond acceptors (Lipinski definition) is 0. The first-order valence-corrected chi connectivity index (χ1v) is 1.65. The fraction of sp³-hybridized carbons (Fsp3) is 0.